The van der Waals surface area contributed by atoms with Gasteiger partial charge in [-0.1, -0.05) is 0 Å². The minimum absolute atomic E-state index is 0.0410. The minimum Gasteiger partial charge on any atom is -0.456 e. The van der Waals surface area contributed by atoms with Crippen LogP contribution in [0.2, 0.25) is 0 Å². The summed E-state index contributed by atoms with van der Waals surface area (Å²) in [5.74, 6) is -2.20. The zero-order chi connectivity index (χ0) is 17.7. The number of halogens is 4. The van der Waals surface area contributed by atoms with Crippen LogP contribution in [0, 0.1) is 23.0 Å². The topological polar surface area (TPSA) is 53.2 Å². The second kappa shape index (κ2) is 5.40. The van der Waals surface area contributed by atoms with Gasteiger partial charge in [0.1, 0.15) is 34.8 Å². The van der Waals surface area contributed by atoms with Crippen LogP contribution in [0.15, 0.2) is 35.2 Å². The van der Waals surface area contributed by atoms with Crippen molar-refractivity contribution < 1.29 is 27.4 Å². The van der Waals surface area contributed by atoms with Gasteiger partial charge in [-0.25, -0.2) is 8.78 Å². The first-order chi connectivity index (χ1) is 11.2. The maximum absolute atomic E-state index is 14.0. The first kappa shape index (κ1) is 16.6. The molecule has 0 fully saturated rings. The lowest BCUT2D eigenvalue weighted by atomic mass is 9.91. The average Bonchev–Trinajstić information content (AvgIpc) is 2.64. The van der Waals surface area contributed by atoms with Crippen LogP contribution < -0.4 is 4.74 Å². The molecule has 0 aliphatic carbocycles. The number of rotatable bonds is 2. The summed E-state index contributed by atoms with van der Waals surface area (Å²) in [5, 5.41) is 16.0. The number of nitrogens with zero attached hydrogens (tertiary/aromatic N) is 1. The molecule has 1 heterocycles. The van der Waals surface area contributed by atoms with Gasteiger partial charge in [0.15, 0.2) is 5.60 Å². The zero-order valence-corrected chi connectivity index (χ0v) is 12.9. The molecule has 0 radical (unpaired) electrons. The Morgan fingerprint density at radius 2 is 1.79 bits per heavy atom. The average molecular weight is 355 g/mol. The van der Waals surface area contributed by atoms with E-state index < -0.39 is 22.5 Å². The van der Waals surface area contributed by atoms with E-state index in [1.54, 1.807) is 6.07 Å². The maximum atomic E-state index is 14.0. The van der Waals surface area contributed by atoms with Gasteiger partial charge >= 0.3 is 5.25 Å². The monoisotopic (exact) mass is 355 g/mol. The second-order valence-electron chi connectivity index (χ2n) is 5.32. The lowest BCUT2D eigenvalue weighted by molar-refractivity contribution is -0.110. The third kappa shape index (κ3) is 2.50. The Balaban J connectivity index is 2.11. The largest absolute Gasteiger partial charge is 0.456 e. The third-order valence-corrected chi connectivity index (χ3v) is 4.81. The first-order valence-corrected chi connectivity index (χ1v) is 7.48. The molecule has 1 aliphatic rings. The number of nitriles is 1. The smallest absolute Gasteiger partial charge is 0.330 e. The van der Waals surface area contributed by atoms with Crippen LogP contribution >= 0.6 is 11.8 Å². The fourth-order valence-corrected chi connectivity index (χ4v) is 3.54. The molecule has 24 heavy (non-hydrogen) atoms. The van der Waals surface area contributed by atoms with Crippen molar-refractivity contribution in [1.82, 2.24) is 0 Å². The SMILES string of the molecule is CC1(O)c2c(ccc(Oc3cc(F)cc(F)c3)c2C#N)SC1(F)F. The van der Waals surface area contributed by atoms with Gasteiger partial charge in [0.05, 0.1) is 0 Å². The van der Waals surface area contributed by atoms with Crippen LogP contribution in [0.25, 0.3) is 0 Å². The van der Waals surface area contributed by atoms with Crippen molar-refractivity contribution in [1.29, 1.82) is 5.26 Å². The summed E-state index contributed by atoms with van der Waals surface area (Å²) in [6.07, 6.45) is 0. The van der Waals surface area contributed by atoms with Crippen LogP contribution in [0.4, 0.5) is 17.6 Å². The Hall–Kier alpha value is -2.24. The molecule has 3 nitrogen and oxygen atoms in total. The van der Waals surface area contributed by atoms with Gasteiger partial charge in [0.2, 0.25) is 0 Å². The highest BCUT2D eigenvalue weighted by Gasteiger charge is 2.59. The number of thioether (sulfide) groups is 1. The molecule has 1 aliphatic heterocycles. The van der Waals surface area contributed by atoms with Crippen molar-refractivity contribution in [3.05, 3.63) is 53.1 Å². The van der Waals surface area contributed by atoms with Crippen LogP contribution in [0.5, 0.6) is 11.5 Å². The van der Waals surface area contributed by atoms with Crippen LogP contribution in [-0.4, -0.2) is 10.4 Å². The molecule has 0 saturated heterocycles. The number of hydrogen-bond donors (Lipinski definition) is 1. The van der Waals surface area contributed by atoms with E-state index in [-0.39, 0.29) is 39.3 Å². The zero-order valence-electron chi connectivity index (χ0n) is 12.1. The molecule has 0 saturated carbocycles. The molecule has 124 valence electrons. The van der Waals surface area contributed by atoms with E-state index in [4.69, 9.17) is 4.74 Å². The van der Waals surface area contributed by atoms with E-state index in [0.717, 1.165) is 19.1 Å². The second-order valence-corrected chi connectivity index (χ2v) is 6.48. The van der Waals surface area contributed by atoms with Gasteiger partial charge in [-0.15, -0.1) is 0 Å². The summed E-state index contributed by atoms with van der Waals surface area (Å²) >= 11 is 0.140. The van der Waals surface area contributed by atoms with Crippen LogP contribution in [0.1, 0.15) is 18.1 Å². The van der Waals surface area contributed by atoms with E-state index >= 15 is 0 Å². The van der Waals surface area contributed by atoms with Crippen molar-refractivity contribution in [2.24, 2.45) is 0 Å². The predicted molar refractivity (Wildman–Crippen MR) is 78.0 cm³/mol. The summed E-state index contributed by atoms with van der Waals surface area (Å²) in [5.41, 5.74) is -3.16. The summed E-state index contributed by atoms with van der Waals surface area (Å²) in [7, 11) is 0. The lowest BCUT2D eigenvalue weighted by Crippen LogP contribution is -2.36. The highest BCUT2D eigenvalue weighted by Crippen LogP contribution is 2.59. The van der Waals surface area contributed by atoms with Crippen LogP contribution in [-0.2, 0) is 5.60 Å². The normalized spacial score (nSPS) is 21.2. The molecule has 1 unspecified atom stereocenters. The standard InChI is InChI=1S/C16H9F4NO2S/c1-15(22)14-11(7-21)12(2-3-13(14)24-16(15,19)20)23-10-5-8(17)4-9(18)6-10/h2-6,22H,1H3. The van der Waals surface area contributed by atoms with E-state index in [0.29, 0.717) is 6.07 Å². The third-order valence-electron chi connectivity index (χ3n) is 3.60. The fourth-order valence-electron chi connectivity index (χ4n) is 2.43. The summed E-state index contributed by atoms with van der Waals surface area (Å²) in [4.78, 5) is 0.0410. The molecule has 8 heteroatoms. The molecule has 2 aromatic rings. The fraction of sp³-hybridized carbons (Fsp3) is 0.188. The number of alkyl halides is 2. The van der Waals surface area contributed by atoms with Gasteiger partial charge < -0.3 is 9.84 Å². The van der Waals surface area contributed by atoms with Gasteiger partial charge in [0, 0.05) is 28.7 Å². The van der Waals surface area contributed by atoms with Crippen LogP contribution in [0.3, 0.4) is 0 Å². The number of aliphatic hydroxyl groups is 1. The highest BCUT2D eigenvalue weighted by molar-refractivity contribution is 8.00. The number of benzene rings is 2. The van der Waals surface area contributed by atoms with Gasteiger partial charge in [-0.3, -0.25) is 0 Å². The maximum Gasteiger partial charge on any atom is 0.330 e. The molecule has 1 N–H and O–H groups in total. The minimum atomic E-state index is -3.52. The Kier molecular flexibility index (Phi) is 3.73. The Morgan fingerprint density at radius 3 is 2.38 bits per heavy atom. The number of fused-ring (bicyclic) bond motifs is 1. The molecule has 0 amide bonds. The summed E-state index contributed by atoms with van der Waals surface area (Å²) in [6, 6.07) is 6.64. The Morgan fingerprint density at radius 1 is 1.17 bits per heavy atom. The Bertz CT molecular complexity index is 857. The molecule has 0 spiro atoms. The quantitative estimate of drug-likeness (QED) is 0.804. The first-order valence-electron chi connectivity index (χ1n) is 6.66. The van der Waals surface area contributed by atoms with Gasteiger partial charge in [-0.2, -0.15) is 14.0 Å². The lowest BCUT2D eigenvalue weighted by Gasteiger charge is -2.25. The van der Waals surface area contributed by atoms with E-state index in [9.17, 15) is 27.9 Å². The van der Waals surface area contributed by atoms with Crippen molar-refractivity contribution in [3.8, 4) is 17.6 Å². The molecule has 0 aromatic heterocycles. The predicted octanol–water partition coefficient (Wildman–Crippen LogP) is 4.53. The van der Waals surface area contributed by atoms with E-state index in [1.165, 1.54) is 12.1 Å². The molecular formula is C16H9F4NO2S. The van der Waals surface area contributed by atoms with Crippen molar-refractivity contribution in [2.45, 2.75) is 22.7 Å². The molecular weight excluding hydrogens is 346 g/mol. The van der Waals surface area contributed by atoms with E-state index in [1.807, 2.05) is 0 Å². The van der Waals surface area contributed by atoms with E-state index in [2.05, 4.69) is 0 Å². The highest BCUT2D eigenvalue weighted by atomic mass is 32.2. The molecule has 0 bridgehead atoms. The summed E-state index contributed by atoms with van der Waals surface area (Å²) in [6.45, 7) is 0.901. The molecule has 3 rings (SSSR count). The Labute approximate surface area is 138 Å². The molecule has 2 aromatic carbocycles. The number of ether oxygens (including phenoxy) is 1. The van der Waals surface area contributed by atoms with Crippen molar-refractivity contribution in [3.63, 3.8) is 0 Å². The van der Waals surface area contributed by atoms with Gasteiger partial charge in [0.25, 0.3) is 0 Å². The summed E-state index contributed by atoms with van der Waals surface area (Å²) < 4.78 is 59.7. The number of hydrogen-bond acceptors (Lipinski definition) is 4. The van der Waals surface area contributed by atoms with Crippen molar-refractivity contribution in [2.75, 3.05) is 0 Å². The molecule has 1 atom stereocenters. The van der Waals surface area contributed by atoms with Crippen molar-refractivity contribution >= 4 is 11.8 Å². The van der Waals surface area contributed by atoms with Gasteiger partial charge in [-0.05, 0) is 30.8 Å².